The molecule has 34 heavy (non-hydrogen) atoms. The lowest BCUT2D eigenvalue weighted by molar-refractivity contribution is -0.135. The van der Waals surface area contributed by atoms with Crippen LogP contribution in [0.5, 0.6) is 0 Å². The molecule has 1 amide bonds. The molecule has 6 rings (SSSR count). The van der Waals surface area contributed by atoms with Crippen LogP contribution in [0.25, 0.3) is 33.1 Å². The number of hydrogen-bond donors (Lipinski definition) is 1. The van der Waals surface area contributed by atoms with E-state index in [0.29, 0.717) is 6.04 Å². The SMILES string of the molecule is CC(=O)N1CC(N2C=CC=C(Nc3cc(-c4ccc5ccn(C)c5c4)c4nccnc4c3)C2)C1. The normalized spacial score (nSPS) is 16.1. The second kappa shape index (κ2) is 8.02. The van der Waals surface area contributed by atoms with E-state index >= 15 is 0 Å². The van der Waals surface area contributed by atoms with E-state index in [1.807, 2.05) is 4.90 Å². The van der Waals surface area contributed by atoms with Gasteiger partial charge in [0.05, 0.1) is 23.6 Å². The molecule has 4 aromatic rings. The molecule has 2 aromatic heterocycles. The number of aryl methyl sites for hydroxylation is 1. The number of aromatic nitrogens is 3. The van der Waals surface area contributed by atoms with Gasteiger partial charge in [-0.15, -0.1) is 0 Å². The lowest BCUT2D eigenvalue weighted by Gasteiger charge is -2.45. The zero-order chi connectivity index (χ0) is 23.2. The lowest BCUT2D eigenvalue weighted by Crippen LogP contribution is -2.59. The highest BCUT2D eigenvalue weighted by Crippen LogP contribution is 2.33. The van der Waals surface area contributed by atoms with Gasteiger partial charge in [0.1, 0.15) is 0 Å². The maximum Gasteiger partial charge on any atom is 0.219 e. The number of benzene rings is 2. The molecule has 2 aliphatic heterocycles. The Labute approximate surface area is 198 Å². The molecule has 1 fully saturated rings. The van der Waals surface area contributed by atoms with Gasteiger partial charge in [0.2, 0.25) is 5.91 Å². The molecule has 2 aromatic carbocycles. The van der Waals surface area contributed by atoms with Crippen LogP contribution in [0.1, 0.15) is 6.92 Å². The van der Waals surface area contributed by atoms with Gasteiger partial charge in [-0.2, -0.15) is 0 Å². The van der Waals surface area contributed by atoms with Gasteiger partial charge < -0.3 is 19.7 Å². The predicted molar refractivity (Wildman–Crippen MR) is 135 cm³/mol. The third-order valence-electron chi connectivity index (χ3n) is 6.78. The van der Waals surface area contributed by atoms with Crippen LogP contribution in [0.3, 0.4) is 0 Å². The quantitative estimate of drug-likeness (QED) is 0.506. The Morgan fingerprint density at radius 1 is 1.09 bits per heavy atom. The molecule has 0 saturated carbocycles. The molecule has 0 bridgehead atoms. The number of likely N-dealkylation sites (tertiary alicyclic amines) is 1. The summed E-state index contributed by atoms with van der Waals surface area (Å²) in [5.41, 5.74) is 7.18. The number of carbonyl (C=O) groups excluding carboxylic acids is 1. The highest BCUT2D eigenvalue weighted by Gasteiger charge is 2.32. The van der Waals surface area contributed by atoms with Crippen molar-refractivity contribution in [3.8, 4) is 11.1 Å². The van der Waals surface area contributed by atoms with E-state index in [2.05, 4.69) is 92.7 Å². The highest BCUT2D eigenvalue weighted by molar-refractivity contribution is 5.97. The first kappa shape index (κ1) is 20.5. The molecule has 2 aliphatic rings. The predicted octanol–water partition coefficient (Wildman–Crippen LogP) is 4.14. The summed E-state index contributed by atoms with van der Waals surface area (Å²) in [6.07, 6.45) is 11.8. The first-order valence-electron chi connectivity index (χ1n) is 11.5. The van der Waals surface area contributed by atoms with Crippen LogP contribution in [-0.2, 0) is 11.8 Å². The van der Waals surface area contributed by atoms with Gasteiger partial charge in [0, 0.05) is 68.1 Å². The fourth-order valence-corrected chi connectivity index (χ4v) is 4.81. The zero-order valence-electron chi connectivity index (χ0n) is 19.3. The third kappa shape index (κ3) is 3.59. The first-order chi connectivity index (χ1) is 16.5. The van der Waals surface area contributed by atoms with Crippen molar-refractivity contribution in [1.29, 1.82) is 0 Å². The summed E-state index contributed by atoms with van der Waals surface area (Å²) in [4.78, 5) is 25.0. The van der Waals surface area contributed by atoms with Crippen molar-refractivity contribution in [1.82, 2.24) is 24.3 Å². The summed E-state index contributed by atoms with van der Waals surface area (Å²) in [5, 5.41) is 4.83. The largest absolute Gasteiger partial charge is 0.365 e. The lowest BCUT2D eigenvalue weighted by atomic mass is 10.0. The van der Waals surface area contributed by atoms with Crippen molar-refractivity contribution in [3.63, 3.8) is 0 Å². The minimum atomic E-state index is 0.143. The van der Waals surface area contributed by atoms with Crippen molar-refractivity contribution in [2.24, 2.45) is 7.05 Å². The van der Waals surface area contributed by atoms with Gasteiger partial charge in [-0.25, -0.2) is 0 Å². The Morgan fingerprint density at radius 2 is 1.94 bits per heavy atom. The smallest absolute Gasteiger partial charge is 0.219 e. The summed E-state index contributed by atoms with van der Waals surface area (Å²) in [6.45, 7) is 3.97. The number of nitrogens with zero attached hydrogens (tertiary/aromatic N) is 5. The molecule has 1 saturated heterocycles. The Kier molecular flexibility index (Phi) is 4.83. The molecule has 7 nitrogen and oxygen atoms in total. The number of anilines is 1. The van der Waals surface area contributed by atoms with E-state index in [-0.39, 0.29) is 5.91 Å². The maximum absolute atomic E-state index is 11.5. The van der Waals surface area contributed by atoms with Gasteiger partial charge in [-0.3, -0.25) is 14.8 Å². The van der Waals surface area contributed by atoms with Crippen molar-refractivity contribution in [2.45, 2.75) is 13.0 Å². The van der Waals surface area contributed by atoms with Gasteiger partial charge in [-0.05, 0) is 53.6 Å². The van der Waals surface area contributed by atoms with Crippen molar-refractivity contribution in [3.05, 3.63) is 79.0 Å². The van der Waals surface area contributed by atoms with E-state index in [0.717, 1.165) is 53.2 Å². The molecular weight excluding hydrogens is 424 g/mol. The van der Waals surface area contributed by atoms with Gasteiger partial charge in [0.25, 0.3) is 0 Å². The van der Waals surface area contributed by atoms with Crippen molar-refractivity contribution >= 4 is 33.5 Å². The van der Waals surface area contributed by atoms with Crippen LogP contribution in [0, 0.1) is 0 Å². The summed E-state index contributed by atoms with van der Waals surface area (Å²) in [5.74, 6) is 0.143. The molecule has 4 heterocycles. The Bertz CT molecular complexity index is 1480. The van der Waals surface area contributed by atoms with Crippen LogP contribution >= 0.6 is 0 Å². The van der Waals surface area contributed by atoms with Crippen molar-refractivity contribution in [2.75, 3.05) is 25.0 Å². The average Bonchev–Trinajstić information content (AvgIpc) is 3.18. The average molecular weight is 451 g/mol. The Morgan fingerprint density at radius 3 is 2.79 bits per heavy atom. The van der Waals surface area contributed by atoms with Crippen LogP contribution in [-0.4, -0.2) is 55.9 Å². The standard InChI is InChI=1S/C27H26N6O/c1-18(34)33-16-23(17-33)32-10-3-4-21(15-32)30-22-13-24(27-25(14-22)28-8-9-29-27)20-6-5-19-7-11-31(2)26(19)12-20/h3-14,23,30H,15-17H2,1-2H3. The number of rotatable bonds is 4. The number of hydrogen-bond acceptors (Lipinski definition) is 5. The van der Waals surface area contributed by atoms with E-state index in [9.17, 15) is 4.79 Å². The fourth-order valence-electron chi connectivity index (χ4n) is 4.81. The minimum absolute atomic E-state index is 0.143. The van der Waals surface area contributed by atoms with Crippen LogP contribution in [0.4, 0.5) is 5.69 Å². The second-order valence-electron chi connectivity index (χ2n) is 9.06. The molecule has 0 unspecified atom stereocenters. The molecule has 1 N–H and O–H groups in total. The molecule has 7 heteroatoms. The second-order valence-corrected chi connectivity index (χ2v) is 9.06. The summed E-state index contributed by atoms with van der Waals surface area (Å²) < 4.78 is 2.14. The molecule has 0 aliphatic carbocycles. The third-order valence-corrected chi connectivity index (χ3v) is 6.78. The Balaban J connectivity index is 1.30. The minimum Gasteiger partial charge on any atom is -0.365 e. The fraction of sp³-hybridized carbons (Fsp3) is 0.222. The number of allylic oxidation sites excluding steroid dienone is 2. The van der Waals surface area contributed by atoms with Gasteiger partial charge in [-0.1, -0.05) is 12.1 Å². The van der Waals surface area contributed by atoms with Crippen LogP contribution < -0.4 is 5.32 Å². The summed E-state index contributed by atoms with van der Waals surface area (Å²) >= 11 is 0. The molecule has 170 valence electrons. The number of carbonyl (C=O) groups is 1. The molecule has 0 radical (unpaired) electrons. The monoisotopic (exact) mass is 450 g/mol. The molecule has 0 spiro atoms. The van der Waals surface area contributed by atoms with E-state index in [1.54, 1.807) is 19.3 Å². The molecular formula is C27H26N6O. The van der Waals surface area contributed by atoms with E-state index in [1.165, 1.54) is 10.9 Å². The summed E-state index contributed by atoms with van der Waals surface area (Å²) in [7, 11) is 2.06. The summed E-state index contributed by atoms with van der Waals surface area (Å²) in [6, 6.07) is 13.2. The van der Waals surface area contributed by atoms with Crippen molar-refractivity contribution < 1.29 is 4.79 Å². The van der Waals surface area contributed by atoms with E-state index in [4.69, 9.17) is 0 Å². The van der Waals surface area contributed by atoms with E-state index < -0.39 is 0 Å². The van der Waals surface area contributed by atoms with Gasteiger partial charge >= 0.3 is 0 Å². The topological polar surface area (TPSA) is 66.3 Å². The van der Waals surface area contributed by atoms with Crippen LogP contribution in [0.2, 0.25) is 0 Å². The Hall–Kier alpha value is -4.13. The highest BCUT2D eigenvalue weighted by atomic mass is 16.2. The maximum atomic E-state index is 11.5. The van der Waals surface area contributed by atoms with Gasteiger partial charge in [0.15, 0.2) is 0 Å². The first-order valence-corrected chi connectivity index (χ1v) is 11.5. The number of fused-ring (bicyclic) bond motifs is 2. The molecule has 0 atom stereocenters. The number of amides is 1. The van der Waals surface area contributed by atoms with Crippen LogP contribution in [0.15, 0.2) is 79.0 Å². The number of nitrogens with one attached hydrogen (secondary N) is 1. The zero-order valence-corrected chi connectivity index (χ0v) is 19.3.